The van der Waals surface area contributed by atoms with E-state index in [1.165, 1.54) is 0 Å². The molecular formula is C15H25ClN2O3. The summed E-state index contributed by atoms with van der Waals surface area (Å²) in [6, 6.07) is 5.74. The largest absolute Gasteiger partial charge is 0.496 e. The first kappa shape index (κ1) is 19.5. The number of benzene rings is 1. The minimum absolute atomic E-state index is 0. The predicted molar refractivity (Wildman–Crippen MR) is 86.6 cm³/mol. The van der Waals surface area contributed by atoms with Crippen LogP contribution in [0.3, 0.4) is 0 Å². The Labute approximate surface area is 132 Å². The summed E-state index contributed by atoms with van der Waals surface area (Å²) >= 11 is 0. The maximum absolute atomic E-state index is 12.0. The molecule has 0 aliphatic heterocycles. The Morgan fingerprint density at radius 2 is 1.81 bits per heavy atom. The number of hydrogen-bond acceptors (Lipinski definition) is 4. The highest BCUT2D eigenvalue weighted by Crippen LogP contribution is 2.28. The van der Waals surface area contributed by atoms with Crippen LogP contribution in [-0.4, -0.2) is 39.3 Å². The second-order valence-corrected chi connectivity index (χ2v) is 4.58. The van der Waals surface area contributed by atoms with Gasteiger partial charge in [0.05, 0.1) is 20.6 Å². The number of amides is 1. The summed E-state index contributed by atoms with van der Waals surface area (Å²) in [5.74, 6) is 1.29. The van der Waals surface area contributed by atoms with E-state index in [1.807, 2.05) is 32.0 Å². The van der Waals surface area contributed by atoms with E-state index in [1.54, 1.807) is 14.2 Å². The first-order valence-electron chi connectivity index (χ1n) is 6.82. The van der Waals surface area contributed by atoms with Gasteiger partial charge in [-0.05, 0) is 25.6 Å². The number of carbonyl (C=O) groups is 1. The highest BCUT2D eigenvalue weighted by atomic mass is 35.5. The molecule has 0 radical (unpaired) electrons. The van der Waals surface area contributed by atoms with Crippen LogP contribution in [0.1, 0.15) is 19.4 Å². The third kappa shape index (κ3) is 6.23. The van der Waals surface area contributed by atoms with Gasteiger partial charge in [0.15, 0.2) is 0 Å². The molecule has 1 amide bonds. The second-order valence-electron chi connectivity index (χ2n) is 4.58. The van der Waals surface area contributed by atoms with E-state index in [0.29, 0.717) is 18.0 Å². The molecule has 0 unspecified atom stereocenters. The zero-order valence-corrected chi connectivity index (χ0v) is 13.9. The number of methoxy groups -OCH3 is 2. The van der Waals surface area contributed by atoms with Crippen molar-refractivity contribution in [3.63, 3.8) is 0 Å². The average molecular weight is 317 g/mol. The van der Waals surface area contributed by atoms with E-state index in [0.717, 1.165) is 12.1 Å². The van der Waals surface area contributed by atoms with E-state index in [2.05, 4.69) is 10.6 Å². The summed E-state index contributed by atoms with van der Waals surface area (Å²) in [5.41, 5.74) is 0.770. The molecule has 0 heterocycles. The van der Waals surface area contributed by atoms with Crippen molar-refractivity contribution >= 4 is 18.3 Å². The molecule has 0 fully saturated rings. The van der Waals surface area contributed by atoms with Crippen molar-refractivity contribution < 1.29 is 14.3 Å². The van der Waals surface area contributed by atoms with E-state index >= 15 is 0 Å². The van der Waals surface area contributed by atoms with Gasteiger partial charge in [0.2, 0.25) is 5.91 Å². The van der Waals surface area contributed by atoms with Crippen molar-refractivity contribution in [1.82, 2.24) is 10.6 Å². The Morgan fingerprint density at radius 1 is 1.24 bits per heavy atom. The Morgan fingerprint density at radius 3 is 2.29 bits per heavy atom. The maximum Gasteiger partial charge on any atom is 0.224 e. The topological polar surface area (TPSA) is 59.6 Å². The van der Waals surface area contributed by atoms with Crippen LogP contribution in [0.4, 0.5) is 0 Å². The van der Waals surface area contributed by atoms with Gasteiger partial charge >= 0.3 is 0 Å². The number of carbonyl (C=O) groups excluding carboxylic acids is 1. The van der Waals surface area contributed by atoms with E-state index < -0.39 is 0 Å². The minimum atomic E-state index is -0.0439. The van der Waals surface area contributed by atoms with Gasteiger partial charge in [-0.25, -0.2) is 0 Å². The zero-order valence-electron chi connectivity index (χ0n) is 13.1. The molecule has 0 spiro atoms. The third-order valence-electron chi connectivity index (χ3n) is 3.03. The van der Waals surface area contributed by atoms with Crippen LogP contribution < -0.4 is 20.1 Å². The molecule has 5 nitrogen and oxygen atoms in total. The molecule has 1 aromatic rings. The number of halogens is 1. The first-order chi connectivity index (χ1) is 9.62. The maximum atomic E-state index is 12.0. The fraction of sp³-hybridized carbons (Fsp3) is 0.533. The first-order valence-corrected chi connectivity index (χ1v) is 6.82. The molecule has 1 rings (SSSR count). The number of nitrogens with one attached hydrogen (secondary N) is 2. The molecule has 2 N–H and O–H groups in total. The summed E-state index contributed by atoms with van der Waals surface area (Å²) in [6.07, 6.45) is 0.242. The molecular weight excluding hydrogens is 292 g/mol. The van der Waals surface area contributed by atoms with Gasteiger partial charge in [0.25, 0.3) is 0 Å². The van der Waals surface area contributed by atoms with E-state index in [9.17, 15) is 4.79 Å². The van der Waals surface area contributed by atoms with Crippen LogP contribution in [0.2, 0.25) is 0 Å². The Hall–Kier alpha value is -1.46. The summed E-state index contributed by atoms with van der Waals surface area (Å²) in [5, 5.41) is 6.15. The normalized spacial score (nSPS) is 11.2. The zero-order chi connectivity index (χ0) is 15.0. The van der Waals surface area contributed by atoms with Crippen molar-refractivity contribution in [1.29, 1.82) is 0 Å². The monoisotopic (exact) mass is 316 g/mol. The Bertz CT molecular complexity index is 419. The van der Waals surface area contributed by atoms with Crippen molar-refractivity contribution in [2.75, 3.05) is 27.3 Å². The van der Waals surface area contributed by atoms with E-state index in [-0.39, 0.29) is 30.8 Å². The number of hydrogen-bond donors (Lipinski definition) is 2. The van der Waals surface area contributed by atoms with Gasteiger partial charge in [0.1, 0.15) is 11.5 Å². The second kappa shape index (κ2) is 10.3. The van der Waals surface area contributed by atoms with Gasteiger partial charge in [-0.1, -0.05) is 13.0 Å². The Kier molecular flexibility index (Phi) is 9.58. The molecule has 0 aromatic heterocycles. The Balaban J connectivity index is 0.00000400. The van der Waals surface area contributed by atoms with E-state index in [4.69, 9.17) is 9.47 Å². The van der Waals surface area contributed by atoms with Crippen LogP contribution in [0, 0.1) is 0 Å². The highest BCUT2D eigenvalue weighted by molar-refractivity contribution is 5.85. The van der Waals surface area contributed by atoms with Gasteiger partial charge in [-0.15, -0.1) is 12.4 Å². The quantitative estimate of drug-likeness (QED) is 0.767. The summed E-state index contributed by atoms with van der Waals surface area (Å²) < 4.78 is 10.6. The average Bonchev–Trinajstić information content (AvgIpc) is 2.45. The molecule has 6 heteroatoms. The fourth-order valence-electron chi connectivity index (χ4n) is 2.01. The van der Waals surface area contributed by atoms with Crippen LogP contribution >= 0.6 is 12.4 Å². The highest BCUT2D eigenvalue weighted by Gasteiger charge is 2.14. The van der Waals surface area contributed by atoms with Crippen LogP contribution in [-0.2, 0) is 11.2 Å². The lowest BCUT2D eigenvalue weighted by atomic mass is 10.1. The molecule has 0 aliphatic rings. The summed E-state index contributed by atoms with van der Waals surface area (Å²) in [6.45, 7) is 5.56. The van der Waals surface area contributed by atoms with Crippen LogP contribution in [0.15, 0.2) is 18.2 Å². The lowest BCUT2D eigenvalue weighted by Crippen LogP contribution is -2.39. The van der Waals surface area contributed by atoms with Gasteiger partial charge in [-0.2, -0.15) is 0 Å². The minimum Gasteiger partial charge on any atom is -0.496 e. The lowest BCUT2D eigenvalue weighted by Gasteiger charge is -2.15. The van der Waals surface area contributed by atoms with Crippen molar-refractivity contribution in [3.8, 4) is 11.5 Å². The van der Waals surface area contributed by atoms with Gasteiger partial charge in [-0.3, -0.25) is 4.79 Å². The number of rotatable bonds is 8. The third-order valence-corrected chi connectivity index (χ3v) is 3.03. The van der Waals surface area contributed by atoms with Crippen molar-refractivity contribution in [3.05, 3.63) is 23.8 Å². The smallest absolute Gasteiger partial charge is 0.224 e. The lowest BCUT2D eigenvalue weighted by molar-refractivity contribution is -0.120. The SMILES string of the molecule is CCN[C@H](C)CNC(=O)Cc1c(OC)cccc1OC.Cl. The fourth-order valence-corrected chi connectivity index (χ4v) is 2.01. The standard InChI is InChI=1S/C15H24N2O3.ClH/c1-5-16-11(2)10-17-15(18)9-12-13(19-3)7-6-8-14(12)20-4;/h6-8,11,16H,5,9-10H2,1-4H3,(H,17,18);1H/t11-;/m1./s1. The van der Waals surface area contributed by atoms with Crippen LogP contribution in [0.25, 0.3) is 0 Å². The molecule has 0 saturated heterocycles. The summed E-state index contributed by atoms with van der Waals surface area (Å²) in [4.78, 5) is 12.0. The van der Waals surface area contributed by atoms with Crippen molar-refractivity contribution in [2.45, 2.75) is 26.3 Å². The van der Waals surface area contributed by atoms with Crippen LogP contribution in [0.5, 0.6) is 11.5 Å². The van der Waals surface area contributed by atoms with Crippen molar-refractivity contribution in [2.24, 2.45) is 0 Å². The van der Waals surface area contributed by atoms with Gasteiger partial charge in [0, 0.05) is 18.2 Å². The molecule has 21 heavy (non-hydrogen) atoms. The molecule has 0 aliphatic carbocycles. The summed E-state index contributed by atoms with van der Waals surface area (Å²) in [7, 11) is 3.17. The predicted octanol–water partition coefficient (Wildman–Crippen LogP) is 1.78. The number of ether oxygens (including phenoxy) is 2. The molecule has 0 bridgehead atoms. The molecule has 1 aromatic carbocycles. The van der Waals surface area contributed by atoms with Gasteiger partial charge < -0.3 is 20.1 Å². The molecule has 120 valence electrons. The molecule has 0 saturated carbocycles. The molecule has 1 atom stereocenters. The number of likely N-dealkylation sites (N-methyl/N-ethyl adjacent to an activating group) is 1.